The molecule has 0 aliphatic heterocycles. The van der Waals surface area contributed by atoms with Crippen LogP contribution in [0.25, 0.3) is 12.2 Å². The number of fused-ring (bicyclic) bond motifs is 2. The van der Waals surface area contributed by atoms with Gasteiger partial charge in [-0.1, -0.05) is 72.8 Å². The third-order valence-electron chi connectivity index (χ3n) is 5.00. The van der Waals surface area contributed by atoms with Crippen LogP contribution in [-0.4, -0.2) is 5.60 Å². The minimum atomic E-state index is -0.520. The maximum absolute atomic E-state index is 6.03. The summed E-state index contributed by atoms with van der Waals surface area (Å²) in [6, 6.07) is 16.9. The van der Waals surface area contributed by atoms with Crippen LogP contribution in [0, 0.1) is 0 Å². The topological polar surface area (TPSA) is 9.23 Å². The number of rotatable bonds is 3. The van der Waals surface area contributed by atoms with E-state index < -0.39 is 5.60 Å². The molecule has 0 bridgehead atoms. The fourth-order valence-corrected chi connectivity index (χ4v) is 3.98. The van der Waals surface area contributed by atoms with Gasteiger partial charge in [0.05, 0.1) is 11.9 Å². The molecule has 2 aliphatic carbocycles. The first-order valence-electron chi connectivity index (χ1n) is 7.58. The lowest BCUT2D eigenvalue weighted by atomic mass is 9.74. The summed E-state index contributed by atoms with van der Waals surface area (Å²) in [5.74, 6) is 0.281. The Kier molecular flexibility index (Phi) is 3.21. The Labute approximate surface area is 136 Å². The summed E-state index contributed by atoms with van der Waals surface area (Å²) in [6.07, 6.45) is 8.75. The van der Waals surface area contributed by atoms with E-state index >= 15 is 0 Å². The molecule has 22 heavy (non-hydrogen) atoms. The van der Waals surface area contributed by atoms with Crippen LogP contribution in [0.3, 0.4) is 0 Å². The summed E-state index contributed by atoms with van der Waals surface area (Å²) >= 11 is 6.03. The molecule has 2 aromatic carbocycles. The molecule has 1 nitrogen and oxygen atoms in total. The summed E-state index contributed by atoms with van der Waals surface area (Å²) < 4.78 is 5.59. The van der Waals surface area contributed by atoms with Gasteiger partial charge in [0.25, 0.3) is 0 Å². The molecule has 2 unspecified atom stereocenters. The number of hydrogen-bond acceptors (Lipinski definition) is 1. The second-order valence-electron chi connectivity index (χ2n) is 6.19. The van der Waals surface area contributed by atoms with Crippen LogP contribution < -0.4 is 0 Å². The van der Waals surface area contributed by atoms with E-state index in [0.29, 0.717) is 0 Å². The first kappa shape index (κ1) is 13.8. The molecule has 110 valence electrons. The molecule has 2 atom stereocenters. The van der Waals surface area contributed by atoms with Crippen molar-refractivity contribution < 1.29 is 4.29 Å². The van der Waals surface area contributed by atoms with Crippen LogP contribution in [0.2, 0.25) is 0 Å². The van der Waals surface area contributed by atoms with Crippen LogP contribution in [0.5, 0.6) is 0 Å². The van der Waals surface area contributed by atoms with Crippen molar-refractivity contribution in [2.75, 3.05) is 0 Å². The highest BCUT2D eigenvalue weighted by Gasteiger charge is 2.45. The Balaban J connectivity index is 1.80. The Morgan fingerprint density at radius 2 is 1.27 bits per heavy atom. The average Bonchev–Trinajstić information content (AvgIpc) is 3.19. The monoisotopic (exact) mass is 308 g/mol. The fraction of sp³-hybridized carbons (Fsp3) is 0.200. The molecular weight excluding hydrogens is 292 g/mol. The van der Waals surface area contributed by atoms with Crippen molar-refractivity contribution in [3.05, 3.63) is 82.9 Å². The lowest BCUT2D eigenvalue weighted by Crippen LogP contribution is -2.38. The molecule has 0 aromatic heterocycles. The molecule has 2 aromatic rings. The number of halogens is 1. The molecular formula is C20H17ClO. The molecule has 0 N–H and O–H groups in total. The van der Waals surface area contributed by atoms with E-state index in [2.05, 4.69) is 79.8 Å². The quantitative estimate of drug-likeness (QED) is 0.723. The molecule has 2 aliphatic rings. The Hall–Kier alpha value is -1.83. The molecule has 0 fully saturated rings. The highest BCUT2D eigenvalue weighted by atomic mass is 35.5. The largest absolute Gasteiger partial charge is 0.271 e. The average molecular weight is 309 g/mol. The molecule has 0 amide bonds. The normalized spacial score (nSPS) is 24.1. The standard InChI is InChI=1S/C20H17ClO/c1-20(22-21,18-12-10-14-6-2-4-8-16(14)18)19-13-11-15-7-3-5-9-17(15)19/h2-13,18-19H,1H3. The molecule has 0 saturated heterocycles. The second kappa shape index (κ2) is 5.12. The Morgan fingerprint density at radius 3 is 1.73 bits per heavy atom. The molecule has 0 spiro atoms. The van der Waals surface area contributed by atoms with Crippen molar-refractivity contribution in [1.29, 1.82) is 0 Å². The summed E-state index contributed by atoms with van der Waals surface area (Å²) in [4.78, 5) is 0. The minimum Gasteiger partial charge on any atom is -0.271 e. The van der Waals surface area contributed by atoms with Gasteiger partial charge >= 0.3 is 0 Å². The predicted octanol–water partition coefficient (Wildman–Crippen LogP) is 5.54. The fourth-order valence-electron chi connectivity index (χ4n) is 3.79. The van der Waals surface area contributed by atoms with E-state index in [0.717, 1.165) is 0 Å². The van der Waals surface area contributed by atoms with Crippen LogP contribution in [0.1, 0.15) is 41.0 Å². The third kappa shape index (κ3) is 1.89. The first-order chi connectivity index (χ1) is 10.7. The van der Waals surface area contributed by atoms with Crippen LogP contribution in [0.15, 0.2) is 60.7 Å². The van der Waals surface area contributed by atoms with Gasteiger partial charge in [0.1, 0.15) is 5.60 Å². The van der Waals surface area contributed by atoms with E-state index in [1.165, 1.54) is 22.3 Å². The van der Waals surface area contributed by atoms with Gasteiger partial charge in [0.15, 0.2) is 0 Å². The van der Waals surface area contributed by atoms with E-state index in [-0.39, 0.29) is 11.8 Å². The zero-order valence-corrected chi connectivity index (χ0v) is 13.1. The summed E-state index contributed by atoms with van der Waals surface area (Å²) in [5, 5.41) is 0. The van der Waals surface area contributed by atoms with Crippen molar-refractivity contribution in [2.24, 2.45) is 0 Å². The molecule has 2 heteroatoms. The van der Waals surface area contributed by atoms with Crippen molar-refractivity contribution >= 4 is 24.0 Å². The maximum atomic E-state index is 6.03. The third-order valence-corrected chi connectivity index (χ3v) is 5.33. The molecule has 0 radical (unpaired) electrons. The van der Waals surface area contributed by atoms with E-state index in [4.69, 9.17) is 16.2 Å². The van der Waals surface area contributed by atoms with Crippen molar-refractivity contribution in [3.63, 3.8) is 0 Å². The Bertz CT molecular complexity index is 713. The zero-order valence-electron chi connectivity index (χ0n) is 12.4. The van der Waals surface area contributed by atoms with Crippen LogP contribution in [0.4, 0.5) is 0 Å². The minimum absolute atomic E-state index is 0.141. The smallest absolute Gasteiger partial charge is 0.107 e. The summed E-state index contributed by atoms with van der Waals surface area (Å²) in [6.45, 7) is 2.11. The van der Waals surface area contributed by atoms with Gasteiger partial charge in [0, 0.05) is 11.8 Å². The number of benzene rings is 2. The lowest BCUT2D eigenvalue weighted by molar-refractivity contribution is 0.0718. The predicted molar refractivity (Wildman–Crippen MR) is 91.8 cm³/mol. The SMILES string of the molecule is CC(OCl)(C1C=Cc2ccccc21)C1C=Cc2ccccc21. The highest BCUT2D eigenvalue weighted by molar-refractivity contribution is 6.07. The van der Waals surface area contributed by atoms with Gasteiger partial charge in [-0.3, -0.25) is 4.29 Å². The van der Waals surface area contributed by atoms with Gasteiger partial charge in [0.2, 0.25) is 0 Å². The molecule has 0 heterocycles. The lowest BCUT2D eigenvalue weighted by Gasteiger charge is -2.37. The van der Waals surface area contributed by atoms with Crippen LogP contribution in [-0.2, 0) is 4.29 Å². The van der Waals surface area contributed by atoms with Crippen molar-refractivity contribution in [3.8, 4) is 0 Å². The second-order valence-corrected chi connectivity index (χ2v) is 6.35. The van der Waals surface area contributed by atoms with Gasteiger partial charge in [-0.25, -0.2) is 0 Å². The van der Waals surface area contributed by atoms with E-state index in [1.807, 2.05) is 0 Å². The summed E-state index contributed by atoms with van der Waals surface area (Å²) in [7, 11) is 0. The van der Waals surface area contributed by atoms with Gasteiger partial charge in [-0.2, -0.15) is 0 Å². The first-order valence-corrected chi connectivity index (χ1v) is 7.89. The highest BCUT2D eigenvalue weighted by Crippen LogP contribution is 2.50. The Morgan fingerprint density at radius 1 is 0.818 bits per heavy atom. The van der Waals surface area contributed by atoms with E-state index in [9.17, 15) is 0 Å². The van der Waals surface area contributed by atoms with Crippen LogP contribution >= 0.6 is 11.9 Å². The van der Waals surface area contributed by atoms with Gasteiger partial charge in [-0.15, -0.1) is 0 Å². The van der Waals surface area contributed by atoms with Gasteiger partial charge in [-0.05, 0) is 29.2 Å². The summed E-state index contributed by atoms with van der Waals surface area (Å²) in [5.41, 5.74) is 4.55. The van der Waals surface area contributed by atoms with Gasteiger partial charge < -0.3 is 0 Å². The number of hydrogen-bond donors (Lipinski definition) is 0. The van der Waals surface area contributed by atoms with Crippen molar-refractivity contribution in [2.45, 2.75) is 24.4 Å². The molecule has 4 rings (SSSR count). The van der Waals surface area contributed by atoms with E-state index in [1.54, 1.807) is 0 Å². The zero-order chi connectivity index (χ0) is 15.2. The maximum Gasteiger partial charge on any atom is 0.107 e. The van der Waals surface area contributed by atoms with Crippen molar-refractivity contribution in [1.82, 2.24) is 0 Å². The molecule has 0 saturated carbocycles.